The fourth-order valence-electron chi connectivity index (χ4n) is 2.18. The van der Waals surface area contributed by atoms with Gasteiger partial charge in [-0.2, -0.15) is 0 Å². The Morgan fingerprint density at radius 1 is 1.15 bits per heavy atom. The number of aromatic nitrogens is 3. The van der Waals surface area contributed by atoms with Crippen LogP contribution in [-0.4, -0.2) is 14.5 Å². The largest absolute Gasteiger partial charge is 0.299 e. The first kappa shape index (κ1) is 14.0. The zero-order chi connectivity index (χ0) is 14.4. The second-order valence-electron chi connectivity index (χ2n) is 4.55. The summed E-state index contributed by atoms with van der Waals surface area (Å²) in [7, 11) is 0. The number of nitrogens with zero attached hydrogens (tertiary/aromatic N) is 3. The Labute approximate surface area is 138 Å². The Bertz CT molecular complexity index is 804. The Morgan fingerprint density at radius 2 is 1.80 bits per heavy atom. The van der Waals surface area contributed by atoms with E-state index in [4.69, 9.17) is 11.6 Å². The smallest absolute Gasteiger partial charge is 0.148 e. The van der Waals surface area contributed by atoms with Crippen LogP contribution in [-0.2, 0) is 0 Å². The minimum Gasteiger partial charge on any atom is -0.299 e. The molecule has 6 heteroatoms. The molecule has 1 aromatic carbocycles. The molecule has 0 saturated heterocycles. The third-order valence-electron chi connectivity index (χ3n) is 3.09. The van der Waals surface area contributed by atoms with Crippen LogP contribution in [0.3, 0.4) is 0 Å². The number of hydrogen-bond donors (Lipinski definition) is 0. The molecular weight excluding hydrogens is 405 g/mol. The lowest BCUT2D eigenvalue weighted by Gasteiger charge is -2.10. The van der Waals surface area contributed by atoms with Crippen molar-refractivity contribution in [2.24, 2.45) is 0 Å². The molecule has 102 valence electrons. The van der Waals surface area contributed by atoms with Crippen LogP contribution in [0, 0.1) is 13.8 Å². The minimum absolute atomic E-state index is 0.673. The predicted molar refractivity (Wildman–Crippen MR) is 88.7 cm³/mol. The molecule has 3 rings (SSSR count). The van der Waals surface area contributed by atoms with Crippen molar-refractivity contribution >= 4 is 54.5 Å². The van der Waals surface area contributed by atoms with Gasteiger partial charge in [-0.05, 0) is 63.4 Å². The van der Waals surface area contributed by atoms with E-state index in [1.54, 1.807) is 0 Å². The van der Waals surface area contributed by atoms with Gasteiger partial charge in [-0.25, -0.2) is 9.97 Å². The highest BCUT2D eigenvalue weighted by molar-refractivity contribution is 9.11. The number of rotatable bonds is 1. The van der Waals surface area contributed by atoms with E-state index >= 15 is 0 Å². The fourth-order valence-corrected chi connectivity index (χ4v) is 4.23. The highest BCUT2D eigenvalue weighted by atomic mass is 79.9. The lowest BCUT2D eigenvalue weighted by Crippen LogP contribution is -1.98. The van der Waals surface area contributed by atoms with Crippen LogP contribution in [0.2, 0.25) is 5.02 Å². The Kier molecular flexibility index (Phi) is 3.60. The van der Waals surface area contributed by atoms with E-state index in [2.05, 4.69) is 54.9 Å². The van der Waals surface area contributed by atoms with Crippen molar-refractivity contribution in [3.8, 4) is 5.69 Å². The third-order valence-corrected chi connectivity index (χ3v) is 4.51. The standard InChI is InChI=1S/C14H10Br2ClN3/c1-7-6-20(14-10(7)5-18-8(2)19-14)13-11(15)3-9(17)4-12(13)16/h3-6H,1-2H3. The zero-order valence-electron chi connectivity index (χ0n) is 10.8. The molecular formula is C14H10Br2ClN3. The molecule has 2 heterocycles. The summed E-state index contributed by atoms with van der Waals surface area (Å²) in [4.78, 5) is 8.82. The van der Waals surface area contributed by atoms with E-state index in [1.807, 2.05) is 29.8 Å². The van der Waals surface area contributed by atoms with Crippen molar-refractivity contribution in [2.45, 2.75) is 13.8 Å². The van der Waals surface area contributed by atoms with Crippen LogP contribution in [0.4, 0.5) is 0 Å². The number of fused-ring (bicyclic) bond motifs is 1. The molecule has 0 atom stereocenters. The number of aryl methyl sites for hydroxylation is 2. The number of benzene rings is 1. The summed E-state index contributed by atoms with van der Waals surface area (Å²) in [6, 6.07) is 3.74. The average molecular weight is 416 g/mol. The van der Waals surface area contributed by atoms with Crippen molar-refractivity contribution in [3.05, 3.63) is 49.9 Å². The molecule has 0 saturated carbocycles. The van der Waals surface area contributed by atoms with Gasteiger partial charge in [0.05, 0.1) is 5.69 Å². The maximum absolute atomic E-state index is 6.06. The summed E-state index contributed by atoms with van der Waals surface area (Å²) in [6.45, 7) is 3.94. The van der Waals surface area contributed by atoms with Gasteiger partial charge in [0.15, 0.2) is 0 Å². The lowest BCUT2D eigenvalue weighted by molar-refractivity contribution is 1.02. The van der Waals surface area contributed by atoms with Gasteiger partial charge in [0.1, 0.15) is 11.5 Å². The molecule has 20 heavy (non-hydrogen) atoms. The van der Waals surface area contributed by atoms with Gasteiger partial charge in [-0.15, -0.1) is 0 Å². The molecule has 0 aliphatic rings. The molecule has 0 aliphatic carbocycles. The summed E-state index contributed by atoms with van der Waals surface area (Å²) >= 11 is 13.2. The van der Waals surface area contributed by atoms with Gasteiger partial charge in [0, 0.05) is 31.7 Å². The van der Waals surface area contributed by atoms with Gasteiger partial charge < -0.3 is 0 Å². The van der Waals surface area contributed by atoms with Crippen LogP contribution in [0.15, 0.2) is 33.5 Å². The first-order chi connectivity index (χ1) is 9.47. The molecule has 0 N–H and O–H groups in total. The molecule has 0 unspecified atom stereocenters. The second-order valence-corrected chi connectivity index (χ2v) is 6.70. The molecule has 2 aromatic heterocycles. The van der Waals surface area contributed by atoms with E-state index in [-0.39, 0.29) is 0 Å². The topological polar surface area (TPSA) is 30.7 Å². The van der Waals surface area contributed by atoms with Crippen molar-refractivity contribution in [1.82, 2.24) is 14.5 Å². The van der Waals surface area contributed by atoms with E-state index < -0.39 is 0 Å². The first-order valence-electron chi connectivity index (χ1n) is 5.93. The molecule has 0 bridgehead atoms. The molecule has 0 fully saturated rings. The van der Waals surface area contributed by atoms with Crippen molar-refractivity contribution in [2.75, 3.05) is 0 Å². The summed E-state index contributed by atoms with van der Waals surface area (Å²) in [5.41, 5.74) is 3.00. The van der Waals surface area contributed by atoms with Crippen LogP contribution in [0.25, 0.3) is 16.7 Å². The zero-order valence-corrected chi connectivity index (χ0v) is 14.7. The molecule has 3 nitrogen and oxygen atoms in total. The van der Waals surface area contributed by atoms with Crippen molar-refractivity contribution in [3.63, 3.8) is 0 Å². The molecule has 0 amide bonds. The monoisotopic (exact) mass is 413 g/mol. The predicted octanol–water partition coefficient (Wildman–Crippen LogP) is 5.22. The summed E-state index contributed by atoms with van der Waals surface area (Å²) in [5.74, 6) is 0.748. The third kappa shape index (κ3) is 2.28. The second kappa shape index (κ2) is 5.13. The first-order valence-corrected chi connectivity index (χ1v) is 7.90. The van der Waals surface area contributed by atoms with E-state index in [0.717, 1.165) is 37.1 Å². The molecule has 0 spiro atoms. The maximum atomic E-state index is 6.06. The number of hydrogen-bond acceptors (Lipinski definition) is 2. The normalized spacial score (nSPS) is 11.2. The quantitative estimate of drug-likeness (QED) is 0.546. The van der Waals surface area contributed by atoms with Crippen LogP contribution < -0.4 is 0 Å². The molecule has 0 radical (unpaired) electrons. The fraction of sp³-hybridized carbons (Fsp3) is 0.143. The van der Waals surface area contributed by atoms with Crippen LogP contribution >= 0.6 is 43.5 Å². The Balaban J connectivity index is 2.38. The Morgan fingerprint density at radius 3 is 2.45 bits per heavy atom. The highest BCUT2D eigenvalue weighted by Crippen LogP contribution is 2.35. The highest BCUT2D eigenvalue weighted by Gasteiger charge is 2.15. The Hall–Kier alpha value is -0.910. The van der Waals surface area contributed by atoms with E-state index in [9.17, 15) is 0 Å². The molecule has 0 aliphatic heterocycles. The van der Waals surface area contributed by atoms with Crippen molar-refractivity contribution in [1.29, 1.82) is 0 Å². The summed E-state index contributed by atoms with van der Waals surface area (Å²) in [6.07, 6.45) is 3.92. The summed E-state index contributed by atoms with van der Waals surface area (Å²) in [5, 5.41) is 1.72. The van der Waals surface area contributed by atoms with Gasteiger partial charge in [-0.1, -0.05) is 11.6 Å². The average Bonchev–Trinajstić information content (AvgIpc) is 2.65. The van der Waals surface area contributed by atoms with E-state index in [0.29, 0.717) is 5.02 Å². The minimum atomic E-state index is 0.673. The van der Waals surface area contributed by atoms with Gasteiger partial charge in [0.2, 0.25) is 0 Å². The van der Waals surface area contributed by atoms with Crippen LogP contribution in [0.1, 0.15) is 11.4 Å². The van der Waals surface area contributed by atoms with E-state index in [1.165, 1.54) is 0 Å². The van der Waals surface area contributed by atoms with Crippen LogP contribution in [0.5, 0.6) is 0 Å². The summed E-state index contributed by atoms with van der Waals surface area (Å²) < 4.78 is 3.86. The SMILES string of the molecule is Cc1ncc2c(C)cn(-c3c(Br)cc(Cl)cc3Br)c2n1. The lowest BCUT2D eigenvalue weighted by atomic mass is 10.3. The maximum Gasteiger partial charge on any atom is 0.148 e. The van der Waals surface area contributed by atoms with Gasteiger partial charge in [-0.3, -0.25) is 4.57 Å². The van der Waals surface area contributed by atoms with Gasteiger partial charge >= 0.3 is 0 Å². The number of halogens is 3. The molecule has 3 aromatic rings. The van der Waals surface area contributed by atoms with Crippen molar-refractivity contribution < 1.29 is 0 Å². The van der Waals surface area contributed by atoms with Gasteiger partial charge in [0.25, 0.3) is 0 Å².